The predicted molar refractivity (Wildman–Crippen MR) is 70.5 cm³/mol. The number of benzene rings is 1. The molecular weight excluding hydrogens is 278 g/mol. The van der Waals surface area contributed by atoms with Gasteiger partial charge >= 0.3 is 5.97 Å². The Morgan fingerprint density at radius 1 is 1.44 bits per heavy atom. The molecule has 0 saturated heterocycles. The van der Waals surface area contributed by atoms with Crippen molar-refractivity contribution in [3.63, 3.8) is 0 Å². The molecule has 5 nitrogen and oxygen atoms in total. The fourth-order valence-corrected chi connectivity index (χ4v) is 2.08. The van der Waals surface area contributed by atoms with Crippen molar-refractivity contribution in [2.24, 2.45) is 5.73 Å². The highest BCUT2D eigenvalue weighted by Gasteiger charge is 2.15. The van der Waals surface area contributed by atoms with Crippen LogP contribution in [0.5, 0.6) is 0 Å². The van der Waals surface area contributed by atoms with E-state index in [2.05, 4.69) is 4.74 Å². The van der Waals surface area contributed by atoms with Gasteiger partial charge in [0.05, 0.1) is 12.0 Å². The highest BCUT2D eigenvalue weighted by molar-refractivity contribution is 7.90. The first kappa shape index (κ1) is 16.9. The lowest BCUT2D eigenvalue weighted by Gasteiger charge is -2.09. The third-order valence-corrected chi connectivity index (χ3v) is 3.40. The number of rotatable bonds is 4. The minimum Gasteiger partial charge on any atom is -0.468 e. The number of methoxy groups -OCH3 is 1. The van der Waals surface area contributed by atoms with Crippen LogP contribution in [-0.4, -0.2) is 33.8 Å². The van der Waals surface area contributed by atoms with Crippen molar-refractivity contribution in [2.45, 2.75) is 17.4 Å². The third-order valence-electron chi connectivity index (χ3n) is 2.29. The SMILES string of the molecule is COC(=O)[C@@H](N)Cc1cccc(S(C)(=O)=O)c1.Cl. The molecule has 1 rings (SSSR count). The molecule has 0 saturated carbocycles. The zero-order valence-corrected chi connectivity index (χ0v) is 11.8. The van der Waals surface area contributed by atoms with Gasteiger partial charge in [-0.15, -0.1) is 12.4 Å². The molecule has 0 unspecified atom stereocenters. The van der Waals surface area contributed by atoms with E-state index in [1.807, 2.05) is 0 Å². The van der Waals surface area contributed by atoms with Crippen LogP contribution in [0.1, 0.15) is 5.56 Å². The molecule has 0 fully saturated rings. The molecule has 0 aromatic heterocycles. The van der Waals surface area contributed by atoms with E-state index in [1.165, 1.54) is 19.2 Å². The lowest BCUT2D eigenvalue weighted by atomic mass is 10.1. The number of ether oxygens (including phenoxy) is 1. The quantitative estimate of drug-likeness (QED) is 0.820. The maximum atomic E-state index is 11.3. The molecule has 0 aliphatic heterocycles. The number of halogens is 1. The summed E-state index contributed by atoms with van der Waals surface area (Å²) in [4.78, 5) is 11.3. The van der Waals surface area contributed by atoms with E-state index >= 15 is 0 Å². The van der Waals surface area contributed by atoms with Crippen LogP contribution in [0.15, 0.2) is 29.2 Å². The normalized spacial score (nSPS) is 12.4. The van der Waals surface area contributed by atoms with Crippen LogP contribution in [0.2, 0.25) is 0 Å². The molecule has 0 bridgehead atoms. The van der Waals surface area contributed by atoms with E-state index in [1.54, 1.807) is 12.1 Å². The maximum Gasteiger partial charge on any atom is 0.322 e. The predicted octanol–water partition coefficient (Wildman–Crippen LogP) is 0.555. The van der Waals surface area contributed by atoms with Crippen LogP contribution in [0.4, 0.5) is 0 Å². The molecule has 102 valence electrons. The van der Waals surface area contributed by atoms with Gasteiger partial charge in [0.25, 0.3) is 0 Å². The Balaban J connectivity index is 0.00000289. The summed E-state index contributed by atoms with van der Waals surface area (Å²) in [5, 5.41) is 0. The Kier molecular flexibility index (Phi) is 6.31. The van der Waals surface area contributed by atoms with Crippen LogP contribution in [0.25, 0.3) is 0 Å². The van der Waals surface area contributed by atoms with Gasteiger partial charge in [-0.2, -0.15) is 0 Å². The fraction of sp³-hybridized carbons (Fsp3) is 0.364. The van der Waals surface area contributed by atoms with Crippen molar-refractivity contribution < 1.29 is 17.9 Å². The lowest BCUT2D eigenvalue weighted by Crippen LogP contribution is -2.33. The second-order valence-electron chi connectivity index (χ2n) is 3.75. The molecule has 7 heteroatoms. The molecule has 0 heterocycles. The van der Waals surface area contributed by atoms with E-state index in [4.69, 9.17) is 5.73 Å². The number of hydrogen-bond acceptors (Lipinski definition) is 5. The van der Waals surface area contributed by atoms with Gasteiger partial charge in [-0.3, -0.25) is 4.79 Å². The summed E-state index contributed by atoms with van der Waals surface area (Å²) in [6.45, 7) is 0. The highest BCUT2D eigenvalue weighted by atomic mass is 35.5. The standard InChI is InChI=1S/C11H15NO4S.ClH/c1-16-11(13)10(12)7-8-4-3-5-9(6-8)17(2,14)15;/h3-6,10H,7,12H2,1-2H3;1H/t10-;/m0./s1. The molecule has 1 aromatic rings. The topological polar surface area (TPSA) is 86.5 Å². The Morgan fingerprint density at radius 3 is 2.56 bits per heavy atom. The zero-order chi connectivity index (χ0) is 13.1. The van der Waals surface area contributed by atoms with Gasteiger partial charge in [-0.1, -0.05) is 12.1 Å². The summed E-state index contributed by atoms with van der Waals surface area (Å²) in [5.74, 6) is -0.519. The third kappa shape index (κ3) is 4.64. The van der Waals surface area contributed by atoms with Crippen molar-refractivity contribution in [1.82, 2.24) is 0 Å². The van der Waals surface area contributed by atoms with Gasteiger partial charge in [0, 0.05) is 6.26 Å². The minimum atomic E-state index is -3.24. The maximum absolute atomic E-state index is 11.3. The summed E-state index contributed by atoms with van der Waals surface area (Å²) >= 11 is 0. The van der Waals surface area contributed by atoms with Gasteiger partial charge in [0.2, 0.25) is 0 Å². The number of carbonyl (C=O) groups excluding carboxylic acids is 1. The first-order valence-corrected chi connectivity index (χ1v) is 6.86. The second-order valence-corrected chi connectivity index (χ2v) is 5.77. The molecule has 1 aromatic carbocycles. The van der Waals surface area contributed by atoms with E-state index in [-0.39, 0.29) is 23.7 Å². The molecule has 18 heavy (non-hydrogen) atoms. The number of nitrogens with two attached hydrogens (primary N) is 1. The number of carbonyl (C=O) groups is 1. The van der Waals surface area contributed by atoms with Gasteiger partial charge in [-0.25, -0.2) is 8.42 Å². The number of sulfone groups is 1. The second kappa shape index (κ2) is 6.72. The van der Waals surface area contributed by atoms with E-state index in [9.17, 15) is 13.2 Å². The number of hydrogen-bond donors (Lipinski definition) is 1. The molecule has 0 spiro atoms. The molecule has 0 aliphatic rings. The summed E-state index contributed by atoms with van der Waals surface area (Å²) in [7, 11) is -1.98. The van der Waals surface area contributed by atoms with E-state index < -0.39 is 21.8 Å². The zero-order valence-electron chi connectivity index (χ0n) is 10.1. The van der Waals surface area contributed by atoms with Gasteiger partial charge < -0.3 is 10.5 Å². The largest absolute Gasteiger partial charge is 0.468 e. The van der Waals surface area contributed by atoms with Gasteiger partial charge in [0.1, 0.15) is 6.04 Å². The Bertz CT molecular complexity index is 516. The van der Waals surface area contributed by atoms with Crippen molar-refractivity contribution in [3.8, 4) is 0 Å². The van der Waals surface area contributed by atoms with Crippen molar-refractivity contribution in [3.05, 3.63) is 29.8 Å². The van der Waals surface area contributed by atoms with E-state index in [0.717, 1.165) is 6.26 Å². The first-order valence-electron chi connectivity index (χ1n) is 4.97. The van der Waals surface area contributed by atoms with Gasteiger partial charge in [0.15, 0.2) is 9.84 Å². The lowest BCUT2D eigenvalue weighted by molar-refractivity contribution is -0.142. The molecule has 1 atom stereocenters. The van der Waals surface area contributed by atoms with Crippen LogP contribution in [0.3, 0.4) is 0 Å². The Labute approximate surface area is 113 Å². The molecular formula is C11H16ClNO4S. The summed E-state index contributed by atoms with van der Waals surface area (Å²) < 4.78 is 27.2. The van der Waals surface area contributed by atoms with Gasteiger partial charge in [-0.05, 0) is 24.1 Å². The monoisotopic (exact) mass is 293 g/mol. The molecule has 2 N–H and O–H groups in total. The molecule has 0 amide bonds. The van der Waals surface area contributed by atoms with Crippen molar-refractivity contribution in [2.75, 3.05) is 13.4 Å². The highest BCUT2D eigenvalue weighted by Crippen LogP contribution is 2.12. The first-order chi connectivity index (χ1) is 7.84. The smallest absolute Gasteiger partial charge is 0.322 e. The van der Waals surface area contributed by atoms with Crippen LogP contribution < -0.4 is 5.73 Å². The summed E-state index contributed by atoms with van der Waals surface area (Å²) in [5.41, 5.74) is 6.28. The molecule has 0 aliphatic carbocycles. The fourth-order valence-electron chi connectivity index (χ4n) is 1.39. The summed E-state index contributed by atoms with van der Waals surface area (Å²) in [6.07, 6.45) is 1.38. The van der Waals surface area contributed by atoms with Crippen LogP contribution in [-0.2, 0) is 25.8 Å². The molecule has 0 radical (unpaired) electrons. The average Bonchev–Trinajstić information content (AvgIpc) is 2.27. The van der Waals surface area contributed by atoms with Crippen molar-refractivity contribution >= 4 is 28.2 Å². The van der Waals surface area contributed by atoms with Crippen LogP contribution >= 0.6 is 12.4 Å². The Hall–Kier alpha value is -1.11. The average molecular weight is 294 g/mol. The minimum absolute atomic E-state index is 0. The van der Waals surface area contributed by atoms with E-state index in [0.29, 0.717) is 5.56 Å². The number of esters is 1. The van der Waals surface area contributed by atoms with Crippen molar-refractivity contribution in [1.29, 1.82) is 0 Å². The Morgan fingerprint density at radius 2 is 2.06 bits per heavy atom. The summed E-state index contributed by atoms with van der Waals surface area (Å²) in [6, 6.07) is 5.57. The van der Waals surface area contributed by atoms with Crippen LogP contribution in [0, 0.1) is 0 Å².